The Labute approximate surface area is 205 Å². The van der Waals surface area contributed by atoms with Crippen LogP contribution in [0.2, 0.25) is 0 Å². The van der Waals surface area contributed by atoms with Crippen LogP contribution in [0.1, 0.15) is 164 Å². The second kappa shape index (κ2) is 18.3. The molecule has 0 radical (unpaired) electrons. The van der Waals surface area contributed by atoms with E-state index < -0.39 is 0 Å². The van der Waals surface area contributed by atoms with Crippen LogP contribution in [-0.2, 0) is 0 Å². The van der Waals surface area contributed by atoms with E-state index in [1.807, 2.05) is 27.7 Å². The summed E-state index contributed by atoms with van der Waals surface area (Å²) in [6, 6.07) is 0. The summed E-state index contributed by atoms with van der Waals surface area (Å²) < 4.78 is 0. The maximum atomic E-state index is 2.53. The molecule has 4 aliphatic rings. The summed E-state index contributed by atoms with van der Waals surface area (Å²) in [7, 11) is 0. The predicted molar refractivity (Wildman–Crippen MR) is 147 cm³/mol. The van der Waals surface area contributed by atoms with Crippen LogP contribution in [-0.4, -0.2) is 0 Å². The van der Waals surface area contributed by atoms with E-state index in [4.69, 9.17) is 0 Å². The average Bonchev–Trinajstić information content (AvgIpc) is 3.22. The van der Waals surface area contributed by atoms with Crippen molar-refractivity contribution in [2.45, 2.75) is 164 Å². The number of hydrogen-bond donors (Lipinski definition) is 0. The largest absolute Gasteiger partial charge is 0.0683 e. The van der Waals surface area contributed by atoms with Crippen molar-refractivity contribution >= 4 is 0 Å². The highest BCUT2D eigenvalue weighted by molar-refractivity contribution is 4.86. The molecule has 4 aliphatic carbocycles. The molecule has 0 heteroatoms. The van der Waals surface area contributed by atoms with Crippen molar-refractivity contribution in [1.29, 1.82) is 0 Å². The molecular formula is C32H64. The zero-order valence-corrected chi connectivity index (χ0v) is 23.8. The van der Waals surface area contributed by atoms with Crippen molar-refractivity contribution < 1.29 is 0 Å². The lowest BCUT2D eigenvalue weighted by Crippen LogP contribution is -2.26. The van der Waals surface area contributed by atoms with Gasteiger partial charge in [0.1, 0.15) is 0 Å². The van der Waals surface area contributed by atoms with Gasteiger partial charge >= 0.3 is 0 Å². The van der Waals surface area contributed by atoms with E-state index in [0.29, 0.717) is 0 Å². The van der Waals surface area contributed by atoms with Gasteiger partial charge in [-0.3, -0.25) is 0 Å². The second-order valence-electron chi connectivity index (χ2n) is 11.8. The lowest BCUT2D eigenvalue weighted by molar-refractivity contribution is 0.144. The molecule has 0 bridgehead atoms. The first-order valence-corrected chi connectivity index (χ1v) is 15.6. The van der Waals surface area contributed by atoms with Gasteiger partial charge in [-0.25, -0.2) is 0 Å². The molecule has 0 saturated heterocycles. The molecule has 0 N–H and O–H groups in total. The smallest absolute Gasteiger partial charge is 0.0381 e. The summed E-state index contributed by atoms with van der Waals surface area (Å²) in [5.41, 5.74) is 0. The molecule has 192 valence electrons. The molecule has 0 amide bonds. The molecule has 0 aromatic heterocycles. The average molecular weight is 449 g/mol. The fourth-order valence-electron chi connectivity index (χ4n) is 6.93. The van der Waals surface area contributed by atoms with Crippen molar-refractivity contribution in [3.63, 3.8) is 0 Å². The van der Waals surface area contributed by atoms with E-state index in [2.05, 4.69) is 20.8 Å². The van der Waals surface area contributed by atoms with Gasteiger partial charge in [0.05, 0.1) is 0 Å². The lowest BCUT2D eigenvalue weighted by Gasteiger charge is -2.37. The summed E-state index contributed by atoms with van der Waals surface area (Å²) >= 11 is 0. The summed E-state index contributed by atoms with van der Waals surface area (Å²) in [4.78, 5) is 0. The Morgan fingerprint density at radius 3 is 1.34 bits per heavy atom. The highest BCUT2D eigenvalue weighted by Crippen LogP contribution is 2.46. The molecule has 0 spiro atoms. The maximum absolute atomic E-state index is 2.53. The topological polar surface area (TPSA) is 0 Å². The van der Waals surface area contributed by atoms with Crippen LogP contribution < -0.4 is 0 Å². The first kappa shape index (κ1) is 30.0. The Hall–Kier alpha value is 0. The highest BCUT2D eigenvalue weighted by Gasteiger charge is 2.35. The van der Waals surface area contributed by atoms with Crippen molar-refractivity contribution in [3.8, 4) is 0 Å². The Kier molecular flexibility index (Phi) is 17.2. The minimum atomic E-state index is 1.01. The third kappa shape index (κ3) is 11.4. The highest BCUT2D eigenvalue weighted by atomic mass is 14.4. The normalized spacial score (nSPS) is 34.4. The van der Waals surface area contributed by atoms with Crippen molar-refractivity contribution in [3.05, 3.63) is 0 Å². The third-order valence-corrected chi connectivity index (χ3v) is 9.27. The van der Waals surface area contributed by atoms with Gasteiger partial charge in [-0.05, 0) is 67.1 Å². The van der Waals surface area contributed by atoms with Crippen molar-refractivity contribution in [2.75, 3.05) is 0 Å². The van der Waals surface area contributed by atoms with Gasteiger partial charge in [0.15, 0.2) is 0 Å². The van der Waals surface area contributed by atoms with E-state index in [-0.39, 0.29) is 0 Å². The van der Waals surface area contributed by atoms with Gasteiger partial charge in [0.25, 0.3) is 0 Å². The van der Waals surface area contributed by atoms with Crippen LogP contribution in [0.25, 0.3) is 0 Å². The molecular weight excluding hydrogens is 384 g/mol. The van der Waals surface area contributed by atoms with Crippen LogP contribution in [0.15, 0.2) is 0 Å². The van der Waals surface area contributed by atoms with Gasteiger partial charge < -0.3 is 0 Å². The molecule has 0 heterocycles. The van der Waals surface area contributed by atoms with Crippen molar-refractivity contribution in [2.24, 2.45) is 41.4 Å². The lowest BCUT2D eigenvalue weighted by atomic mass is 9.69. The summed E-state index contributed by atoms with van der Waals surface area (Å²) in [6.07, 6.45) is 27.5. The summed E-state index contributed by atoms with van der Waals surface area (Å²) in [5, 5.41) is 0. The Morgan fingerprint density at radius 2 is 0.750 bits per heavy atom. The van der Waals surface area contributed by atoms with E-state index in [0.717, 1.165) is 41.4 Å². The molecule has 5 atom stereocenters. The quantitative estimate of drug-likeness (QED) is 0.368. The molecule has 32 heavy (non-hydrogen) atoms. The minimum absolute atomic E-state index is 1.01. The fourth-order valence-corrected chi connectivity index (χ4v) is 6.93. The molecule has 0 nitrogen and oxygen atoms in total. The van der Waals surface area contributed by atoms with Crippen LogP contribution in [0.5, 0.6) is 0 Å². The zero-order valence-electron chi connectivity index (χ0n) is 23.8. The number of rotatable bonds is 2. The predicted octanol–water partition coefficient (Wildman–Crippen LogP) is 11.5. The molecule has 5 unspecified atom stereocenters. The van der Waals surface area contributed by atoms with Crippen LogP contribution in [0, 0.1) is 41.4 Å². The van der Waals surface area contributed by atoms with Crippen LogP contribution in [0.3, 0.4) is 0 Å². The molecule has 0 aliphatic heterocycles. The van der Waals surface area contributed by atoms with Crippen molar-refractivity contribution in [1.82, 2.24) is 0 Å². The fraction of sp³-hybridized carbons (Fsp3) is 1.00. The third-order valence-electron chi connectivity index (χ3n) is 9.27. The molecule has 0 aromatic carbocycles. The van der Waals surface area contributed by atoms with Gasteiger partial charge in [0.2, 0.25) is 0 Å². The first-order chi connectivity index (χ1) is 15.6. The van der Waals surface area contributed by atoms with Gasteiger partial charge in [0, 0.05) is 0 Å². The molecule has 4 fully saturated rings. The molecule has 4 saturated carbocycles. The Balaban J connectivity index is 0.000000357. The monoisotopic (exact) mass is 449 g/mol. The van der Waals surface area contributed by atoms with Crippen LogP contribution in [0.4, 0.5) is 0 Å². The summed E-state index contributed by atoms with van der Waals surface area (Å²) in [5.74, 6) is 7.46. The first-order valence-electron chi connectivity index (χ1n) is 15.6. The van der Waals surface area contributed by atoms with Gasteiger partial charge in [-0.1, -0.05) is 138 Å². The minimum Gasteiger partial charge on any atom is -0.0683 e. The summed E-state index contributed by atoms with van der Waals surface area (Å²) in [6.45, 7) is 15.4. The van der Waals surface area contributed by atoms with E-state index in [1.54, 1.807) is 44.9 Å². The maximum Gasteiger partial charge on any atom is -0.0381 e. The van der Waals surface area contributed by atoms with Crippen LogP contribution >= 0.6 is 0 Å². The standard InChI is InChI=1S/C20H36.C8H16.2C2H6/c1-15-5-3-6-18(11-9-15)19-12-10-16(2)13-20(14-19)17-7-4-8-17;1-8-6-4-2-3-5-7-8;2*1-2/h15-20H,3-14H2,1-2H3;8H,2-7H2,1H3;2*1-2H3. The van der Waals surface area contributed by atoms with E-state index in [9.17, 15) is 0 Å². The number of hydrogen-bond acceptors (Lipinski definition) is 0. The van der Waals surface area contributed by atoms with Gasteiger partial charge in [-0.15, -0.1) is 0 Å². The van der Waals surface area contributed by atoms with Gasteiger partial charge in [-0.2, -0.15) is 0 Å². The Morgan fingerprint density at radius 1 is 0.312 bits per heavy atom. The Bertz CT molecular complexity index is 400. The molecule has 4 rings (SSSR count). The SMILES string of the molecule is CC.CC.CC1CCCC(C2CCC(C)CC(C3CCC3)C2)CC1.CC1CCCCCC1. The molecule has 0 aromatic rings. The zero-order chi connectivity index (χ0) is 23.8. The van der Waals surface area contributed by atoms with E-state index >= 15 is 0 Å². The second-order valence-corrected chi connectivity index (χ2v) is 11.8. The van der Waals surface area contributed by atoms with E-state index in [1.165, 1.54) is 70.6 Å².